The molecule has 0 aromatic carbocycles. The standard InChI is InChI=1S/C17H35NO2/c1-5-7-10-17(6-2,14-18-11-12-19-4)13-16-9-8-15(3)20-16/h15-16,18H,5-14H2,1-4H3. The van der Waals surface area contributed by atoms with Crippen LogP contribution in [0.1, 0.15) is 65.7 Å². The second-order valence-corrected chi connectivity index (χ2v) is 6.48. The summed E-state index contributed by atoms with van der Waals surface area (Å²) >= 11 is 0. The van der Waals surface area contributed by atoms with Crippen molar-refractivity contribution < 1.29 is 9.47 Å². The Balaban J connectivity index is 2.51. The molecule has 1 N–H and O–H groups in total. The molecule has 1 aliphatic heterocycles. The van der Waals surface area contributed by atoms with E-state index in [0.29, 0.717) is 17.6 Å². The molecule has 0 aromatic rings. The Bertz CT molecular complexity index is 247. The van der Waals surface area contributed by atoms with Crippen LogP contribution in [0.15, 0.2) is 0 Å². The van der Waals surface area contributed by atoms with E-state index in [9.17, 15) is 0 Å². The van der Waals surface area contributed by atoms with E-state index in [2.05, 4.69) is 26.1 Å². The van der Waals surface area contributed by atoms with Crippen molar-refractivity contribution in [1.29, 1.82) is 0 Å². The molecular weight excluding hydrogens is 250 g/mol. The Morgan fingerprint density at radius 2 is 2.10 bits per heavy atom. The predicted molar refractivity (Wildman–Crippen MR) is 85.2 cm³/mol. The van der Waals surface area contributed by atoms with Crippen molar-refractivity contribution in [2.45, 2.75) is 77.9 Å². The van der Waals surface area contributed by atoms with Crippen molar-refractivity contribution in [3.63, 3.8) is 0 Å². The van der Waals surface area contributed by atoms with E-state index in [4.69, 9.17) is 9.47 Å². The van der Waals surface area contributed by atoms with Crippen molar-refractivity contribution in [3.8, 4) is 0 Å². The first-order valence-electron chi connectivity index (χ1n) is 8.51. The molecule has 3 unspecified atom stereocenters. The summed E-state index contributed by atoms with van der Waals surface area (Å²) in [4.78, 5) is 0. The molecule has 0 saturated carbocycles. The Labute approximate surface area is 125 Å². The molecule has 1 aliphatic rings. The Hall–Kier alpha value is -0.120. The minimum absolute atomic E-state index is 0.401. The molecule has 3 heteroatoms. The number of hydrogen-bond acceptors (Lipinski definition) is 3. The van der Waals surface area contributed by atoms with E-state index in [1.165, 1.54) is 44.9 Å². The highest BCUT2D eigenvalue weighted by Gasteiger charge is 2.33. The van der Waals surface area contributed by atoms with Gasteiger partial charge in [-0.2, -0.15) is 0 Å². The first-order valence-corrected chi connectivity index (χ1v) is 8.51. The topological polar surface area (TPSA) is 30.5 Å². The number of nitrogens with one attached hydrogen (secondary N) is 1. The molecule has 1 saturated heterocycles. The van der Waals surface area contributed by atoms with Crippen molar-refractivity contribution in [1.82, 2.24) is 5.32 Å². The van der Waals surface area contributed by atoms with E-state index in [1.54, 1.807) is 7.11 Å². The zero-order valence-electron chi connectivity index (χ0n) is 14.0. The first kappa shape index (κ1) is 17.9. The van der Waals surface area contributed by atoms with Gasteiger partial charge in [-0.1, -0.05) is 26.7 Å². The minimum Gasteiger partial charge on any atom is -0.383 e. The summed E-state index contributed by atoms with van der Waals surface area (Å²) in [5, 5.41) is 3.59. The van der Waals surface area contributed by atoms with Gasteiger partial charge >= 0.3 is 0 Å². The Kier molecular flexibility index (Phi) is 8.74. The number of methoxy groups -OCH3 is 1. The molecule has 20 heavy (non-hydrogen) atoms. The third-order valence-electron chi connectivity index (χ3n) is 4.77. The fourth-order valence-electron chi connectivity index (χ4n) is 3.31. The Morgan fingerprint density at radius 3 is 2.65 bits per heavy atom. The van der Waals surface area contributed by atoms with E-state index in [0.717, 1.165) is 19.7 Å². The third kappa shape index (κ3) is 6.11. The molecule has 1 fully saturated rings. The van der Waals surface area contributed by atoms with Gasteiger partial charge in [0.1, 0.15) is 0 Å². The zero-order chi connectivity index (χ0) is 14.8. The maximum absolute atomic E-state index is 6.07. The van der Waals surface area contributed by atoms with Crippen molar-refractivity contribution >= 4 is 0 Å². The molecular formula is C17H35NO2. The molecule has 1 rings (SSSR count). The van der Waals surface area contributed by atoms with Gasteiger partial charge in [-0.15, -0.1) is 0 Å². The molecule has 0 aliphatic carbocycles. The first-order chi connectivity index (χ1) is 9.65. The highest BCUT2D eigenvalue weighted by molar-refractivity contribution is 4.86. The van der Waals surface area contributed by atoms with E-state index < -0.39 is 0 Å². The Morgan fingerprint density at radius 1 is 1.30 bits per heavy atom. The van der Waals surface area contributed by atoms with Crippen LogP contribution in [-0.2, 0) is 9.47 Å². The molecule has 0 bridgehead atoms. The molecule has 0 radical (unpaired) electrons. The lowest BCUT2D eigenvalue weighted by atomic mass is 9.75. The normalized spacial score (nSPS) is 25.8. The fraction of sp³-hybridized carbons (Fsp3) is 1.00. The van der Waals surface area contributed by atoms with Crippen LogP contribution < -0.4 is 5.32 Å². The predicted octanol–water partition coefficient (Wildman–Crippen LogP) is 3.77. The van der Waals surface area contributed by atoms with Gasteiger partial charge in [-0.25, -0.2) is 0 Å². The number of rotatable bonds is 11. The van der Waals surface area contributed by atoms with Gasteiger partial charge in [0.15, 0.2) is 0 Å². The molecule has 120 valence electrons. The average molecular weight is 285 g/mol. The summed E-state index contributed by atoms with van der Waals surface area (Å²) in [6, 6.07) is 0. The van der Waals surface area contributed by atoms with Crippen LogP contribution >= 0.6 is 0 Å². The summed E-state index contributed by atoms with van der Waals surface area (Å²) in [7, 11) is 1.76. The SMILES string of the molecule is CCCCC(CC)(CNCCOC)CC1CCC(C)O1. The molecule has 3 nitrogen and oxygen atoms in total. The number of ether oxygens (including phenoxy) is 2. The lowest BCUT2D eigenvalue weighted by Crippen LogP contribution is -2.38. The van der Waals surface area contributed by atoms with E-state index in [-0.39, 0.29) is 0 Å². The van der Waals surface area contributed by atoms with Gasteiger partial charge in [-0.3, -0.25) is 0 Å². The van der Waals surface area contributed by atoms with Crippen molar-refractivity contribution in [2.75, 3.05) is 26.8 Å². The summed E-state index contributed by atoms with van der Waals surface area (Å²) in [5.74, 6) is 0. The number of unbranched alkanes of at least 4 members (excludes halogenated alkanes) is 1. The zero-order valence-corrected chi connectivity index (χ0v) is 14.0. The highest BCUT2D eigenvalue weighted by Crippen LogP contribution is 2.37. The molecule has 0 spiro atoms. The molecule has 0 amide bonds. The largest absolute Gasteiger partial charge is 0.383 e. The lowest BCUT2D eigenvalue weighted by Gasteiger charge is -2.35. The lowest BCUT2D eigenvalue weighted by molar-refractivity contribution is 0.0166. The van der Waals surface area contributed by atoms with Crippen LogP contribution in [0.25, 0.3) is 0 Å². The van der Waals surface area contributed by atoms with E-state index in [1.807, 2.05) is 0 Å². The van der Waals surface area contributed by atoms with E-state index >= 15 is 0 Å². The monoisotopic (exact) mass is 285 g/mol. The minimum atomic E-state index is 0.401. The summed E-state index contributed by atoms with van der Waals surface area (Å²) in [5.41, 5.74) is 0.401. The number of hydrogen-bond donors (Lipinski definition) is 1. The van der Waals surface area contributed by atoms with Crippen LogP contribution in [0.3, 0.4) is 0 Å². The van der Waals surface area contributed by atoms with Crippen LogP contribution in [0.5, 0.6) is 0 Å². The summed E-state index contributed by atoms with van der Waals surface area (Å²) < 4.78 is 11.2. The summed E-state index contributed by atoms with van der Waals surface area (Å²) in [6.07, 6.45) is 9.78. The molecule has 3 atom stereocenters. The second kappa shape index (κ2) is 9.75. The molecule has 0 aromatic heterocycles. The van der Waals surface area contributed by atoms with Crippen LogP contribution in [-0.4, -0.2) is 39.0 Å². The summed E-state index contributed by atoms with van der Waals surface area (Å²) in [6.45, 7) is 9.67. The van der Waals surface area contributed by atoms with Crippen LogP contribution in [0, 0.1) is 5.41 Å². The van der Waals surface area contributed by atoms with Gasteiger partial charge in [0.2, 0.25) is 0 Å². The maximum atomic E-state index is 6.07. The highest BCUT2D eigenvalue weighted by atomic mass is 16.5. The van der Waals surface area contributed by atoms with Gasteiger partial charge in [0.25, 0.3) is 0 Å². The fourth-order valence-corrected chi connectivity index (χ4v) is 3.31. The van der Waals surface area contributed by atoms with Gasteiger partial charge in [0, 0.05) is 20.2 Å². The van der Waals surface area contributed by atoms with Crippen LogP contribution in [0.4, 0.5) is 0 Å². The van der Waals surface area contributed by atoms with Crippen LogP contribution in [0.2, 0.25) is 0 Å². The second-order valence-electron chi connectivity index (χ2n) is 6.48. The maximum Gasteiger partial charge on any atom is 0.0587 e. The quantitative estimate of drug-likeness (QED) is 0.586. The molecule has 1 heterocycles. The van der Waals surface area contributed by atoms with Gasteiger partial charge < -0.3 is 14.8 Å². The van der Waals surface area contributed by atoms with Gasteiger partial charge in [-0.05, 0) is 44.4 Å². The third-order valence-corrected chi connectivity index (χ3v) is 4.77. The smallest absolute Gasteiger partial charge is 0.0587 e. The average Bonchev–Trinajstić information content (AvgIpc) is 2.86. The van der Waals surface area contributed by atoms with Crippen molar-refractivity contribution in [3.05, 3.63) is 0 Å². The van der Waals surface area contributed by atoms with Gasteiger partial charge in [0.05, 0.1) is 18.8 Å². The van der Waals surface area contributed by atoms with Crippen molar-refractivity contribution in [2.24, 2.45) is 5.41 Å².